The fourth-order valence-corrected chi connectivity index (χ4v) is 1.29. The van der Waals surface area contributed by atoms with E-state index in [1.165, 1.54) is 6.33 Å². The smallest absolute Gasteiger partial charge is 0.128 e. The predicted molar refractivity (Wildman–Crippen MR) is 50.3 cm³/mol. The third kappa shape index (κ3) is 1.48. The Balaban J connectivity index is 2.38. The van der Waals surface area contributed by atoms with Crippen molar-refractivity contribution in [2.45, 2.75) is 5.92 Å². The van der Waals surface area contributed by atoms with E-state index in [1.807, 2.05) is 12.1 Å². The van der Waals surface area contributed by atoms with Crippen LogP contribution in [0.25, 0.3) is 0 Å². The maximum Gasteiger partial charge on any atom is 0.128 e. The molecule has 0 spiro atoms. The van der Waals surface area contributed by atoms with Crippen molar-refractivity contribution < 1.29 is 0 Å². The number of rotatable bonds is 2. The molecule has 4 heteroatoms. The maximum atomic E-state index is 9.02. The quantitative estimate of drug-likeness (QED) is 0.768. The fourth-order valence-electron chi connectivity index (χ4n) is 1.29. The molecule has 0 saturated heterocycles. The lowest BCUT2D eigenvalue weighted by atomic mass is 10.0. The lowest BCUT2D eigenvalue weighted by Crippen LogP contribution is -2.01. The number of hydrogen-bond acceptors (Lipinski definition) is 3. The van der Waals surface area contributed by atoms with Crippen molar-refractivity contribution in [2.24, 2.45) is 0 Å². The Kier molecular flexibility index (Phi) is 2.24. The highest BCUT2D eigenvalue weighted by molar-refractivity contribution is 5.29. The molecular weight excluding hydrogens is 176 g/mol. The van der Waals surface area contributed by atoms with E-state index in [9.17, 15) is 0 Å². The first kappa shape index (κ1) is 8.45. The van der Waals surface area contributed by atoms with E-state index >= 15 is 0 Å². The van der Waals surface area contributed by atoms with Crippen LogP contribution >= 0.6 is 0 Å². The van der Waals surface area contributed by atoms with Crippen LogP contribution in [0.3, 0.4) is 0 Å². The average molecular weight is 184 g/mol. The molecule has 1 unspecified atom stereocenters. The molecule has 0 radical (unpaired) electrons. The first-order chi connectivity index (χ1) is 6.92. The van der Waals surface area contributed by atoms with Gasteiger partial charge in [-0.2, -0.15) is 5.26 Å². The Morgan fingerprint density at radius 2 is 2.36 bits per heavy atom. The molecule has 2 aromatic rings. The van der Waals surface area contributed by atoms with Gasteiger partial charge in [-0.1, -0.05) is 0 Å². The number of nitrogens with one attached hydrogen (secondary N) is 1. The summed E-state index contributed by atoms with van der Waals surface area (Å²) in [5.74, 6) is -0.340. The summed E-state index contributed by atoms with van der Waals surface area (Å²) in [6, 6.07) is 7.68. The number of hydrogen-bond donors (Lipinski definition) is 1. The monoisotopic (exact) mass is 184 g/mol. The molecule has 0 bridgehead atoms. The van der Waals surface area contributed by atoms with E-state index in [4.69, 9.17) is 5.26 Å². The summed E-state index contributed by atoms with van der Waals surface area (Å²) in [6.07, 6.45) is 4.87. The van der Waals surface area contributed by atoms with Crippen molar-refractivity contribution in [3.05, 3.63) is 48.3 Å². The molecule has 0 fully saturated rings. The van der Waals surface area contributed by atoms with E-state index in [0.717, 1.165) is 5.69 Å². The van der Waals surface area contributed by atoms with Crippen LogP contribution in [0.1, 0.15) is 17.3 Å². The Hall–Kier alpha value is -2.15. The summed E-state index contributed by atoms with van der Waals surface area (Å²) in [7, 11) is 0. The van der Waals surface area contributed by atoms with Gasteiger partial charge in [0.1, 0.15) is 12.2 Å². The standard InChI is InChI=1S/C10H8N4/c11-6-8(9-2-1-4-13-9)10-3-5-12-7-14-10/h1-5,7-8,13H. The normalized spacial score (nSPS) is 11.9. The number of nitriles is 1. The molecule has 68 valence electrons. The van der Waals surface area contributed by atoms with E-state index in [0.29, 0.717) is 5.69 Å². The Bertz CT molecular complexity index is 427. The van der Waals surface area contributed by atoms with E-state index < -0.39 is 0 Å². The van der Waals surface area contributed by atoms with Gasteiger partial charge in [-0.3, -0.25) is 0 Å². The fraction of sp³-hybridized carbons (Fsp3) is 0.100. The summed E-state index contributed by atoms with van der Waals surface area (Å²) in [6.45, 7) is 0. The van der Waals surface area contributed by atoms with Gasteiger partial charge < -0.3 is 4.98 Å². The molecule has 0 saturated carbocycles. The molecule has 14 heavy (non-hydrogen) atoms. The molecule has 1 N–H and O–H groups in total. The Morgan fingerprint density at radius 3 is 2.93 bits per heavy atom. The van der Waals surface area contributed by atoms with Crippen LogP contribution in [0.5, 0.6) is 0 Å². The second kappa shape index (κ2) is 3.71. The van der Waals surface area contributed by atoms with Gasteiger partial charge in [-0.15, -0.1) is 0 Å². The van der Waals surface area contributed by atoms with Gasteiger partial charge in [0, 0.05) is 18.1 Å². The molecule has 0 aliphatic carbocycles. The molecule has 0 aliphatic rings. The van der Waals surface area contributed by atoms with Crippen LogP contribution in [0.4, 0.5) is 0 Å². The predicted octanol–water partition coefficient (Wildman–Crippen LogP) is 1.46. The van der Waals surface area contributed by atoms with Crippen molar-refractivity contribution in [1.82, 2.24) is 15.0 Å². The lowest BCUT2D eigenvalue weighted by Gasteiger charge is -2.04. The Labute approximate surface area is 81.3 Å². The second-order valence-electron chi connectivity index (χ2n) is 2.82. The Morgan fingerprint density at radius 1 is 1.43 bits per heavy atom. The topological polar surface area (TPSA) is 65.4 Å². The van der Waals surface area contributed by atoms with E-state index in [-0.39, 0.29) is 5.92 Å². The minimum atomic E-state index is -0.340. The highest BCUT2D eigenvalue weighted by Crippen LogP contribution is 2.19. The molecule has 2 heterocycles. The van der Waals surface area contributed by atoms with Gasteiger partial charge in [-0.05, 0) is 18.2 Å². The third-order valence-electron chi connectivity index (χ3n) is 1.96. The van der Waals surface area contributed by atoms with E-state index in [2.05, 4.69) is 21.0 Å². The molecule has 1 atom stereocenters. The van der Waals surface area contributed by atoms with Crippen LogP contribution < -0.4 is 0 Å². The number of nitrogens with zero attached hydrogens (tertiary/aromatic N) is 3. The summed E-state index contributed by atoms with van der Waals surface area (Å²) in [5.41, 5.74) is 1.57. The number of aromatic nitrogens is 3. The minimum Gasteiger partial charge on any atom is -0.364 e. The van der Waals surface area contributed by atoms with Crippen molar-refractivity contribution in [3.63, 3.8) is 0 Å². The zero-order valence-electron chi connectivity index (χ0n) is 7.38. The van der Waals surface area contributed by atoms with Gasteiger partial charge in [0.2, 0.25) is 0 Å². The first-order valence-corrected chi connectivity index (χ1v) is 4.20. The van der Waals surface area contributed by atoms with Crippen molar-refractivity contribution >= 4 is 0 Å². The molecule has 0 aromatic carbocycles. The molecule has 2 aromatic heterocycles. The lowest BCUT2D eigenvalue weighted by molar-refractivity contribution is 0.913. The van der Waals surface area contributed by atoms with Crippen molar-refractivity contribution in [2.75, 3.05) is 0 Å². The van der Waals surface area contributed by atoms with E-state index in [1.54, 1.807) is 18.5 Å². The summed E-state index contributed by atoms with van der Waals surface area (Å²) < 4.78 is 0. The highest BCUT2D eigenvalue weighted by atomic mass is 14.8. The summed E-state index contributed by atoms with van der Waals surface area (Å²) >= 11 is 0. The van der Waals surface area contributed by atoms with Crippen LogP contribution in [-0.4, -0.2) is 15.0 Å². The zero-order valence-corrected chi connectivity index (χ0v) is 7.38. The van der Waals surface area contributed by atoms with Crippen LogP contribution in [0, 0.1) is 11.3 Å². The van der Waals surface area contributed by atoms with Gasteiger partial charge in [0.15, 0.2) is 0 Å². The molecular formula is C10H8N4. The minimum absolute atomic E-state index is 0.340. The summed E-state index contributed by atoms with van der Waals surface area (Å²) in [5, 5.41) is 9.02. The van der Waals surface area contributed by atoms with Gasteiger partial charge in [0.05, 0.1) is 11.8 Å². The number of aromatic amines is 1. The van der Waals surface area contributed by atoms with Crippen molar-refractivity contribution in [1.29, 1.82) is 5.26 Å². The first-order valence-electron chi connectivity index (χ1n) is 4.20. The highest BCUT2D eigenvalue weighted by Gasteiger charge is 2.14. The van der Waals surface area contributed by atoms with Gasteiger partial charge in [-0.25, -0.2) is 9.97 Å². The molecule has 0 amide bonds. The zero-order chi connectivity index (χ0) is 9.80. The van der Waals surface area contributed by atoms with Crippen molar-refractivity contribution in [3.8, 4) is 6.07 Å². The third-order valence-corrected chi connectivity index (χ3v) is 1.96. The SMILES string of the molecule is N#CC(c1ccncn1)c1ccc[nH]1. The maximum absolute atomic E-state index is 9.02. The van der Waals surface area contributed by atoms with Gasteiger partial charge in [0.25, 0.3) is 0 Å². The molecule has 0 aliphatic heterocycles. The largest absolute Gasteiger partial charge is 0.364 e. The summed E-state index contributed by atoms with van der Waals surface area (Å²) in [4.78, 5) is 10.9. The number of H-pyrrole nitrogens is 1. The van der Waals surface area contributed by atoms with Gasteiger partial charge >= 0.3 is 0 Å². The molecule has 2 rings (SSSR count). The van der Waals surface area contributed by atoms with Crippen LogP contribution in [0.15, 0.2) is 36.9 Å². The molecule has 4 nitrogen and oxygen atoms in total. The second-order valence-corrected chi connectivity index (χ2v) is 2.82. The van der Waals surface area contributed by atoms with Crippen LogP contribution in [-0.2, 0) is 0 Å². The average Bonchev–Trinajstić information content (AvgIpc) is 2.74. The van der Waals surface area contributed by atoms with Crippen LogP contribution in [0.2, 0.25) is 0 Å².